The molecule has 29 heavy (non-hydrogen) atoms. The fourth-order valence-electron chi connectivity index (χ4n) is 4.85. The molecule has 3 saturated heterocycles. The van der Waals surface area contributed by atoms with Crippen molar-refractivity contribution in [2.75, 3.05) is 33.3 Å². The molecule has 0 aliphatic carbocycles. The first-order valence-electron chi connectivity index (χ1n) is 10.5. The van der Waals surface area contributed by atoms with Crippen molar-refractivity contribution in [3.8, 4) is 17.0 Å². The van der Waals surface area contributed by atoms with Crippen molar-refractivity contribution >= 4 is 6.03 Å². The van der Waals surface area contributed by atoms with Crippen molar-refractivity contribution in [1.29, 1.82) is 0 Å². The quantitative estimate of drug-likeness (QED) is 0.786. The van der Waals surface area contributed by atoms with Crippen LogP contribution < -0.4 is 15.4 Å². The summed E-state index contributed by atoms with van der Waals surface area (Å²) in [5.74, 6) is 1.99. The van der Waals surface area contributed by atoms with E-state index in [0.29, 0.717) is 24.4 Å². The molecule has 156 valence electrons. The highest BCUT2D eigenvalue weighted by Gasteiger charge is 2.41. The molecule has 3 aliphatic heterocycles. The van der Waals surface area contributed by atoms with Gasteiger partial charge in [0, 0.05) is 49.9 Å². The Labute approximate surface area is 172 Å². The summed E-state index contributed by atoms with van der Waals surface area (Å²) >= 11 is 0. The van der Waals surface area contributed by atoms with Crippen LogP contribution in [0.15, 0.2) is 30.3 Å². The van der Waals surface area contributed by atoms with Crippen LogP contribution in [0.2, 0.25) is 0 Å². The molecule has 0 spiro atoms. The number of nitrogens with zero attached hydrogens (tertiary/aromatic N) is 3. The maximum Gasteiger partial charge on any atom is 0.314 e. The van der Waals surface area contributed by atoms with Crippen molar-refractivity contribution in [2.24, 2.45) is 13.0 Å². The topological polar surface area (TPSA) is 71.4 Å². The molecule has 2 N–H and O–H groups in total. The predicted octanol–water partition coefficient (Wildman–Crippen LogP) is 2.59. The van der Waals surface area contributed by atoms with Crippen LogP contribution in [0.5, 0.6) is 5.75 Å². The number of aromatic nitrogens is 2. The number of amides is 2. The molecule has 2 aromatic rings. The van der Waals surface area contributed by atoms with Gasteiger partial charge in [-0.05, 0) is 62.6 Å². The Balaban J connectivity index is 1.45. The first kappa shape index (κ1) is 19.8. The zero-order chi connectivity index (χ0) is 20.4. The maximum absolute atomic E-state index is 11.7. The number of rotatable bonds is 6. The van der Waals surface area contributed by atoms with Gasteiger partial charge >= 0.3 is 6.03 Å². The van der Waals surface area contributed by atoms with Crippen molar-refractivity contribution in [3.63, 3.8) is 0 Å². The normalized spacial score (nSPS) is 25.6. The Kier molecular flexibility index (Phi) is 5.76. The minimum absolute atomic E-state index is 0.0672. The first-order valence-corrected chi connectivity index (χ1v) is 10.5. The third-order valence-electron chi connectivity index (χ3n) is 6.40. The molecule has 0 saturated carbocycles. The van der Waals surface area contributed by atoms with Crippen LogP contribution in [0.25, 0.3) is 11.3 Å². The maximum atomic E-state index is 11.7. The molecule has 7 heteroatoms. The van der Waals surface area contributed by atoms with Crippen LogP contribution in [0, 0.1) is 5.92 Å². The van der Waals surface area contributed by atoms with E-state index in [4.69, 9.17) is 9.84 Å². The summed E-state index contributed by atoms with van der Waals surface area (Å²) < 4.78 is 7.31. The molecule has 5 rings (SSSR count). The third-order valence-corrected chi connectivity index (χ3v) is 6.40. The van der Waals surface area contributed by atoms with Gasteiger partial charge in [-0.3, -0.25) is 9.58 Å². The van der Waals surface area contributed by atoms with E-state index in [9.17, 15) is 4.79 Å². The Morgan fingerprint density at radius 3 is 2.72 bits per heavy atom. The standard InChI is InChI=1S/C22H31N5O2/c1-4-23-22(28)24-13-17-11-16-9-10-27(17)14-19(16)21-12-20(25-26(21)2)15-5-7-18(29-3)8-6-15/h5-8,12,16-17,19H,4,9-11,13-14H2,1-3H3,(H2,23,24,28)/t16-,17+,19-/m0/s1. The molecule has 1 aromatic heterocycles. The lowest BCUT2D eigenvalue weighted by atomic mass is 9.74. The molecule has 3 fully saturated rings. The number of piperidine rings is 3. The highest BCUT2D eigenvalue weighted by atomic mass is 16.5. The zero-order valence-corrected chi connectivity index (χ0v) is 17.5. The van der Waals surface area contributed by atoms with Gasteiger partial charge in [0.05, 0.1) is 12.8 Å². The molecule has 7 nitrogen and oxygen atoms in total. The average Bonchev–Trinajstić information content (AvgIpc) is 3.14. The van der Waals surface area contributed by atoms with Gasteiger partial charge in [0.1, 0.15) is 5.75 Å². The molecular formula is C22H31N5O2. The van der Waals surface area contributed by atoms with Crippen molar-refractivity contribution in [1.82, 2.24) is 25.3 Å². The third kappa shape index (κ3) is 4.10. The molecular weight excluding hydrogens is 366 g/mol. The number of methoxy groups -OCH3 is 1. The molecule has 4 atom stereocenters. The summed E-state index contributed by atoms with van der Waals surface area (Å²) in [7, 11) is 3.73. The number of hydrogen-bond donors (Lipinski definition) is 2. The lowest BCUT2D eigenvalue weighted by molar-refractivity contribution is 0.0294. The Morgan fingerprint density at radius 2 is 2.07 bits per heavy atom. The number of aryl methyl sites for hydroxylation is 1. The summed E-state index contributed by atoms with van der Waals surface area (Å²) in [6.45, 7) is 5.46. The lowest BCUT2D eigenvalue weighted by Gasteiger charge is -2.49. The number of ether oxygens (including phenoxy) is 1. The van der Waals surface area contributed by atoms with Crippen molar-refractivity contribution < 1.29 is 9.53 Å². The van der Waals surface area contributed by atoms with Gasteiger partial charge in [-0.2, -0.15) is 5.10 Å². The Bertz CT molecular complexity index is 847. The van der Waals surface area contributed by atoms with E-state index >= 15 is 0 Å². The Hall–Kier alpha value is -2.54. The first-order chi connectivity index (χ1) is 14.1. The number of carbonyl (C=O) groups excluding carboxylic acids is 1. The molecule has 4 heterocycles. The van der Waals surface area contributed by atoms with Crippen LogP contribution in [-0.4, -0.2) is 60.0 Å². The second-order valence-corrected chi connectivity index (χ2v) is 8.09. The van der Waals surface area contributed by atoms with Crippen LogP contribution >= 0.6 is 0 Å². The Morgan fingerprint density at radius 1 is 1.28 bits per heavy atom. The SMILES string of the molecule is CCNC(=O)NC[C@H]1C[C@@H]2CCN1C[C@@H]2c1cc(-c2ccc(OC)cc2)nn1C. The molecule has 1 aromatic carbocycles. The van der Waals surface area contributed by atoms with Crippen molar-refractivity contribution in [2.45, 2.75) is 31.7 Å². The molecule has 2 amide bonds. The van der Waals surface area contributed by atoms with E-state index in [0.717, 1.165) is 43.1 Å². The van der Waals surface area contributed by atoms with Crippen LogP contribution in [-0.2, 0) is 7.05 Å². The fourth-order valence-corrected chi connectivity index (χ4v) is 4.85. The highest BCUT2D eigenvalue weighted by Crippen LogP contribution is 2.42. The highest BCUT2D eigenvalue weighted by molar-refractivity contribution is 5.73. The van der Waals surface area contributed by atoms with Gasteiger partial charge in [-0.1, -0.05) is 0 Å². The van der Waals surface area contributed by atoms with Crippen molar-refractivity contribution in [3.05, 3.63) is 36.0 Å². The zero-order valence-electron chi connectivity index (χ0n) is 17.5. The van der Waals surface area contributed by atoms with Gasteiger partial charge < -0.3 is 15.4 Å². The van der Waals surface area contributed by atoms with Crippen LogP contribution in [0.4, 0.5) is 4.79 Å². The summed E-state index contributed by atoms with van der Waals surface area (Å²) in [6, 6.07) is 10.7. The minimum atomic E-state index is -0.0672. The van der Waals surface area contributed by atoms with Gasteiger partial charge in [0.2, 0.25) is 0 Å². The van der Waals surface area contributed by atoms with Crippen LogP contribution in [0.3, 0.4) is 0 Å². The number of benzene rings is 1. The number of fused-ring (bicyclic) bond motifs is 3. The number of nitrogens with one attached hydrogen (secondary N) is 2. The van der Waals surface area contributed by atoms with Gasteiger partial charge in [-0.15, -0.1) is 0 Å². The molecule has 0 radical (unpaired) electrons. The summed E-state index contributed by atoms with van der Waals surface area (Å²) in [5, 5.41) is 10.6. The van der Waals surface area contributed by atoms with Gasteiger partial charge in [-0.25, -0.2) is 4.79 Å². The monoisotopic (exact) mass is 397 g/mol. The number of urea groups is 1. The van der Waals surface area contributed by atoms with E-state index < -0.39 is 0 Å². The summed E-state index contributed by atoms with van der Waals surface area (Å²) in [6.07, 6.45) is 2.34. The average molecular weight is 398 g/mol. The fraction of sp³-hybridized carbons (Fsp3) is 0.545. The van der Waals surface area contributed by atoms with Crippen LogP contribution in [0.1, 0.15) is 31.4 Å². The van der Waals surface area contributed by atoms with E-state index in [1.807, 2.05) is 30.8 Å². The summed E-state index contributed by atoms with van der Waals surface area (Å²) in [4.78, 5) is 14.3. The molecule has 1 unspecified atom stereocenters. The second kappa shape index (κ2) is 8.45. The number of hydrogen-bond acceptors (Lipinski definition) is 4. The largest absolute Gasteiger partial charge is 0.497 e. The summed E-state index contributed by atoms with van der Waals surface area (Å²) in [5.41, 5.74) is 3.43. The van der Waals surface area contributed by atoms with E-state index in [2.05, 4.69) is 33.7 Å². The molecule has 2 bridgehead atoms. The van der Waals surface area contributed by atoms with Gasteiger partial charge in [0.15, 0.2) is 0 Å². The minimum Gasteiger partial charge on any atom is -0.497 e. The van der Waals surface area contributed by atoms with Gasteiger partial charge in [0.25, 0.3) is 0 Å². The molecule has 3 aliphatic rings. The van der Waals surface area contributed by atoms with E-state index in [1.54, 1.807) is 7.11 Å². The van der Waals surface area contributed by atoms with E-state index in [-0.39, 0.29) is 6.03 Å². The smallest absolute Gasteiger partial charge is 0.314 e. The second-order valence-electron chi connectivity index (χ2n) is 8.09. The lowest BCUT2D eigenvalue weighted by Crippen LogP contribution is -2.56. The van der Waals surface area contributed by atoms with E-state index in [1.165, 1.54) is 12.1 Å². The predicted molar refractivity (Wildman–Crippen MR) is 113 cm³/mol. The number of carbonyl (C=O) groups is 1.